The Labute approximate surface area is 87.6 Å². The predicted octanol–water partition coefficient (Wildman–Crippen LogP) is 1.68. The highest BCUT2D eigenvalue weighted by molar-refractivity contribution is 5.76. The van der Waals surface area contributed by atoms with E-state index in [-0.39, 0.29) is 17.0 Å². The van der Waals surface area contributed by atoms with Gasteiger partial charge in [-0.05, 0) is 41.5 Å². The highest BCUT2D eigenvalue weighted by Crippen LogP contribution is 2.00. The summed E-state index contributed by atoms with van der Waals surface area (Å²) in [6, 6.07) is 0. The number of rotatable bonds is 3. The molecule has 0 spiro atoms. The van der Waals surface area contributed by atoms with E-state index in [4.69, 9.17) is 0 Å². The van der Waals surface area contributed by atoms with Crippen molar-refractivity contribution in [3.63, 3.8) is 0 Å². The van der Waals surface area contributed by atoms with Gasteiger partial charge in [0.1, 0.15) is 0 Å². The minimum Gasteiger partial charge on any atom is -0.351 e. The quantitative estimate of drug-likeness (QED) is 0.727. The van der Waals surface area contributed by atoms with Crippen molar-refractivity contribution in [2.24, 2.45) is 0 Å². The molecule has 3 heteroatoms. The second kappa shape index (κ2) is 4.78. The van der Waals surface area contributed by atoms with E-state index in [1.54, 1.807) is 0 Å². The molecule has 0 saturated heterocycles. The summed E-state index contributed by atoms with van der Waals surface area (Å²) in [4.78, 5) is 11.4. The maximum Gasteiger partial charge on any atom is 0.221 e. The van der Waals surface area contributed by atoms with Crippen molar-refractivity contribution in [1.29, 1.82) is 0 Å². The second-order valence-electron chi connectivity index (χ2n) is 5.72. The predicted molar refractivity (Wildman–Crippen MR) is 60.3 cm³/mol. The largest absolute Gasteiger partial charge is 0.351 e. The summed E-state index contributed by atoms with van der Waals surface area (Å²) >= 11 is 0. The van der Waals surface area contributed by atoms with E-state index < -0.39 is 0 Å². The van der Waals surface area contributed by atoms with Crippen molar-refractivity contribution in [2.45, 2.75) is 59.0 Å². The Balaban J connectivity index is 3.66. The Morgan fingerprint density at radius 3 is 1.86 bits per heavy atom. The number of nitrogens with one attached hydrogen (secondary N) is 2. The van der Waals surface area contributed by atoms with Crippen LogP contribution in [-0.2, 0) is 4.79 Å². The van der Waals surface area contributed by atoms with Gasteiger partial charge in [0.15, 0.2) is 0 Å². The zero-order chi connectivity index (χ0) is 11.4. The highest BCUT2D eigenvalue weighted by Gasteiger charge is 2.14. The summed E-state index contributed by atoms with van der Waals surface area (Å²) in [6.45, 7) is 13.0. The molecule has 0 aromatic carbocycles. The first kappa shape index (κ1) is 13.4. The van der Waals surface area contributed by atoms with Gasteiger partial charge in [-0.25, -0.2) is 0 Å². The lowest BCUT2D eigenvalue weighted by atomic mass is 10.1. The molecule has 0 aliphatic heterocycles. The molecule has 0 rings (SSSR count). The first-order chi connectivity index (χ1) is 6.10. The maximum absolute atomic E-state index is 11.4. The number of amides is 1. The SMILES string of the molecule is CC(C)(C)NCCC(=O)NC(C)(C)C. The summed E-state index contributed by atoms with van der Waals surface area (Å²) in [5.41, 5.74) is -0.0408. The van der Waals surface area contributed by atoms with E-state index in [0.717, 1.165) is 6.54 Å². The highest BCUT2D eigenvalue weighted by atomic mass is 16.1. The molecule has 0 aliphatic carbocycles. The lowest BCUT2D eigenvalue weighted by Gasteiger charge is -2.23. The molecule has 2 N–H and O–H groups in total. The van der Waals surface area contributed by atoms with Gasteiger partial charge in [0.2, 0.25) is 5.91 Å². The summed E-state index contributed by atoms with van der Waals surface area (Å²) in [6.07, 6.45) is 0.536. The third-order valence-electron chi connectivity index (χ3n) is 1.52. The summed E-state index contributed by atoms with van der Waals surface area (Å²) in [7, 11) is 0. The molecule has 0 aromatic heterocycles. The molecule has 0 aromatic rings. The van der Waals surface area contributed by atoms with Gasteiger partial charge >= 0.3 is 0 Å². The van der Waals surface area contributed by atoms with Crippen molar-refractivity contribution in [3.8, 4) is 0 Å². The Bertz CT molecular complexity index is 186. The molecule has 1 amide bonds. The van der Waals surface area contributed by atoms with E-state index >= 15 is 0 Å². The standard InChI is InChI=1S/C11H24N2O/c1-10(2,3)12-8-7-9(14)13-11(4,5)6/h12H,7-8H2,1-6H3,(H,13,14). The molecule has 0 saturated carbocycles. The molecule has 0 fully saturated rings. The van der Waals surface area contributed by atoms with Gasteiger partial charge in [0.25, 0.3) is 0 Å². The van der Waals surface area contributed by atoms with E-state index in [1.165, 1.54) is 0 Å². The lowest BCUT2D eigenvalue weighted by Crippen LogP contribution is -2.43. The normalized spacial score (nSPS) is 12.7. The van der Waals surface area contributed by atoms with Gasteiger partial charge in [-0.2, -0.15) is 0 Å². The van der Waals surface area contributed by atoms with Crippen LogP contribution < -0.4 is 10.6 Å². The Morgan fingerprint density at radius 2 is 1.50 bits per heavy atom. The van der Waals surface area contributed by atoms with Crippen LogP contribution in [0, 0.1) is 0 Å². The molecule has 3 nitrogen and oxygen atoms in total. The van der Waals surface area contributed by atoms with Crippen molar-refractivity contribution in [3.05, 3.63) is 0 Å². The topological polar surface area (TPSA) is 41.1 Å². The minimum atomic E-state index is -0.126. The van der Waals surface area contributed by atoms with Crippen molar-refractivity contribution >= 4 is 5.91 Å². The number of hydrogen-bond donors (Lipinski definition) is 2. The van der Waals surface area contributed by atoms with Crippen LogP contribution in [0.2, 0.25) is 0 Å². The molecular weight excluding hydrogens is 176 g/mol. The Morgan fingerprint density at radius 1 is 1.00 bits per heavy atom. The molecule has 0 heterocycles. The molecule has 84 valence electrons. The van der Waals surface area contributed by atoms with Gasteiger partial charge in [-0.3, -0.25) is 4.79 Å². The van der Waals surface area contributed by atoms with Gasteiger partial charge in [0, 0.05) is 24.0 Å². The molecular formula is C11H24N2O. The van der Waals surface area contributed by atoms with Gasteiger partial charge in [0.05, 0.1) is 0 Å². The minimum absolute atomic E-state index is 0.0853. The number of carbonyl (C=O) groups is 1. The van der Waals surface area contributed by atoms with Gasteiger partial charge in [-0.1, -0.05) is 0 Å². The van der Waals surface area contributed by atoms with E-state index in [1.807, 2.05) is 20.8 Å². The summed E-state index contributed by atoms with van der Waals surface area (Å²) in [5.74, 6) is 0.106. The average Bonchev–Trinajstić information content (AvgIpc) is 1.78. The van der Waals surface area contributed by atoms with Crippen LogP contribution in [0.25, 0.3) is 0 Å². The third kappa shape index (κ3) is 9.52. The zero-order valence-electron chi connectivity index (χ0n) is 10.3. The monoisotopic (exact) mass is 200 g/mol. The van der Waals surface area contributed by atoms with Crippen LogP contribution in [0.5, 0.6) is 0 Å². The zero-order valence-corrected chi connectivity index (χ0v) is 10.3. The maximum atomic E-state index is 11.4. The number of carbonyl (C=O) groups excluding carboxylic acids is 1. The van der Waals surface area contributed by atoms with Crippen LogP contribution in [0.3, 0.4) is 0 Å². The summed E-state index contributed by atoms with van der Waals surface area (Å²) < 4.78 is 0. The third-order valence-corrected chi connectivity index (χ3v) is 1.52. The fourth-order valence-electron chi connectivity index (χ4n) is 1.03. The fraction of sp³-hybridized carbons (Fsp3) is 0.909. The van der Waals surface area contributed by atoms with Crippen LogP contribution in [-0.4, -0.2) is 23.5 Å². The first-order valence-corrected chi connectivity index (χ1v) is 5.16. The van der Waals surface area contributed by atoms with E-state index in [0.29, 0.717) is 6.42 Å². The summed E-state index contributed by atoms with van der Waals surface area (Å²) in [5, 5.41) is 6.20. The van der Waals surface area contributed by atoms with Crippen molar-refractivity contribution in [1.82, 2.24) is 10.6 Å². The van der Waals surface area contributed by atoms with Crippen LogP contribution in [0.4, 0.5) is 0 Å². The number of hydrogen-bond acceptors (Lipinski definition) is 2. The van der Waals surface area contributed by atoms with Crippen LogP contribution >= 0.6 is 0 Å². The molecule has 0 atom stereocenters. The molecule has 0 unspecified atom stereocenters. The van der Waals surface area contributed by atoms with Crippen molar-refractivity contribution < 1.29 is 4.79 Å². The van der Waals surface area contributed by atoms with E-state index in [2.05, 4.69) is 31.4 Å². The second-order valence-corrected chi connectivity index (χ2v) is 5.72. The van der Waals surface area contributed by atoms with Crippen LogP contribution in [0.15, 0.2) is 0 Å². The molecule has 14 heavy (non-hydrogen) atoms. The Kier molecular flexibility index (Phi) is 4.59. The van der Waals surface area contributed by atoms with Gasteiger partial charge < -0.3 is 10.6 Å². The van der Waals surface area contributed by atoms with Crippen molar-refractivity contribution in [2.75, 3.05) is 6.54 Å². The van der Waals surface area contributed by atoms with E-state index in [9.17, 15) is 4.79 Å². The van der Waals surface area contributed by atoms with Gasteiger partial charge in [-0.15, -0.1) is 0 Å². The molecule has 0 radical (unpaired) electrons. The van der Waals surface area contributed by atoms with Crippen LogP contribution in [0.1, 0.15) is 48.0 Å². The lowest BCUT2D eigenvalue weighted by molar-refractivity contribution is -0.122. The Hall–Kier alpha value is -0.570. The smallest absolute Gasteiger partial charge is 0.221 e. The molecule has 0 bridgehead atoms. The molecule has 0 aliphatic rings. The average molecular weight is 200 g/mol. The first-order valence-electron chi connectivity index (χ1n) is 5.16. The fourth-order valence-corrected chi connectivity index (χ4v) is 1.03.